The van der Waals surface area contributed by atoms with Gasteiger partial charge in [-0.05, 0) is 6.42 Å². The normalized spacial score (nSPS) is 10.1. The van der Waals surface area contributed by atoms with Crippen LogP contribution in [0.15, 0.2) is 15.8 Å². The maximum Gasteiger partial charge on any atom is 0.325 e. The van der Waals surface area contributed by atoms with Gasteiger partial charge in [0, 0.05) is 0 Å². The molecule has 0 radical (unpaired) electrons. The van der Waals surface area contributed by atoms with Crippen LogP contribution in [-0.4, -0.2) is 16.6 Å². The zero-order chi connectivity index (χ0) is 10.4. The van der Waals surface area contributed by atoms with Crippen LogP contribution in [0.2, 0.25) is 0 Å². The molecule has 1 rings (SSSR count). The Hall–Kier alpha value is -1.52. The molecule has 0 aliphatic carbocycles. The van der Waals surface area contributed by atoms with Gasteiger partial charge in [0.25, 0.3) is 5.56 Å². The van der Waals surface area contributed by atoms with Gasteiger partial charge in [-0.3, -0.25) is 9.78 Å². The largest absolute Gasteiger partial charge is 0.487 e. The van der Waals surface area contributed by atoms with Gasteiger partial charge in [0.1, 0.15) is 0 Å². The van der Waals surface area contributed by atoms with Crippen molar-refractivity contribution in [2.75, 3.05) is 6.61 Å². The summed E-state index contributed by atoms with van der Waals surface area (Å²) < 4.78 is 5.18. The van der Waals surface area contributed by atoms with Crippen molar-refractivity contribution in [3.8, 4) is 5.75 Å². The van der Waals surface area contributed by atoms with Gasteiger partial charge in [-0.1, -0.05) is 19.8 Å². The Bertz CT molecular complexity index is 380. The first-order valence-corrected chi connectivity index (χ1v) is 4.69. The van der Waals surface area contributed by atoms with Crippen LogP contribution in [0.1, 0.15) is 26.2 Å². The molecular weight excluding hydrogens is 184 g/mol. The lowest BCUT2D eigenvalue weighted by Gasteiger charge is -2.02. The Morgan fingerprint density at radius 3 is 2.79 bits per heavy atom. The van der Waals surface area contributed by atoms with E-state index in [1.807, 2.05) is 0 Å². The van der Waals surface area contributed by atoms with Gasteiger partial charge >= 0.3 is 5.69 Å². The van der Waals surface area contributed by atoms with E-state index in [9.17, 15) is 9.59 Å². The number of unbranched alkanes of at least 4 members (excludes halogenated alkanes) is 2. The molecule has 0 saturated carbocycles. The van der Waals surface area contributed by atoms with E-state index < -0.39 is 11.2 Å². The van der Waals surface area contributed by atoms with Crippen LogP contribution in [0.25, 0.3) is 0 Å². The highest BCUT2D eigenvalue weighted by Gasteiger charge is 1.99. The Labute approximate surface area is 81.1 Å². The second-order valence-corrected chi connectivity index (χ2v) is 2.99. The van der Waals surface area contributed by atoms with E-state index in [0.29, 0.717) is 6.61 Å². The molecule has 0 amide bonds. The number of aromatic amines is 2. The fourth-order valence-corrected chi connectivity index (χ4v) is 1.04. The average molecular weight is 198 g/mol. The van der Waals surface area contributed by atoms with Crippen LogP contribution in [0.5, 0.6) is 5.75 Å². The molecule has 14 heavy (non-hydrogen) atoms. The first-order chi connectivity index (χ1) is 6.74. The SMILES string of the molecule is CCCCCOc1c[nH]c(=O)[nH]c1=O. The monoisotopic (exact) mass is 198 g/mol. The number of rotatable bonds is 5. The third kappa shape index (κ3) is 3.08. The third-order valence-electron chi connectivity index (χ3n) is 1.79. The van der Waals surface area contributed by atoms with Gasteiger partial charge in [0.2, 0.25) is 5.75 Å². The molecule has 5 nitrogen and oxygen atoms in total. The molecule has 0 atom stereocenters. The Balaban J connectivity index is 2.51. The van der Waals surface area contributed by atoms with Gasteiger partial charge in [0.15, 0.2) is 0 Å². The van der Waals surface area contributed by atoms with Gasteiger partial charge < -0.3 is 9.72 Å². The molecule has 1 heterocycles. The molecule has 5 heteroatoms. The minimum absolute atomic E-state index is 0.167. The zero-order valence-corrected chi connectivity index (χ0v) is 8.13. The summed E-state index contributed by atoms with van der Waals surface area (Å²) in [6.07, 6.45) is 4.37. The van der Waals surface area contributed by atoms with Crippen LogP contribution >= 0.6 is 0 Å². The van der Waals surface area contributed by atoms with Crippen molar-refractivity contribution >= 4 is 0 Å². The summed E-state index contributed by atoms with van der Waals surface area (Å²) in [6, 6.07) is 0. The maximum atomic E-state index is 11.1. The molecule has 78 valence electrons. The highest BCUT2D eigenvalue weighted by molar-refractivity contribution is 5.10. The lowest BCUT2D eigenvalue weighted by molar-refractivity contribution is 0.300. The molecule has 0 fully saturated rings. The van der Waals surface area contributed by atoms with Crippen LogP contribution < -0.4 is 16.0 Å². The van der Waals surface area contributed by atoms with Crippen molar-refractivity contribution in [2.45, 2.75) is 26.2 Å². The first-order valence-electron chi connectivity index (χ1n) is 4.69. The molecule has 0 aromatic carbocycles. The second kappa shape index (κ2) is 5.26. The average Bonchev–Trinajstić information content (AvgIpc) is 2.15. The van der Waals surface area contributed by atoms with E-state index in [0.717, 1.165) is 19.3 Å². The number of nitrogens with one attached hydrogen (secondary N) is 2. The third-order valence-corrected chi connectivity index (χ3v) is 1.79. The summed E-state index contributed by atoms with van der Waals surface area (Å²) in [5.74, 6) is 0.167. The molecule has 1 aromatic heterocycles. The van der Waals surface area contributed by atoms with E-state index in [1.165, 1.54) is 6.20 Å². The number of ether oxygens (including phenoxy) is 1. The number of aromatic nitrogens is 2. The van der Waals surface area contributed by atoms with Crippen LogP contribution in [0, 0.1) is 0 Å². The molecular formula is C9H14N2O3. The number of hydrogen-bond acceptors (Lipinski definition) is 3. The summed E-state index contributed by atoms with van der Waals surface area (Å²) in [5.41, 5.74) is -0.999. The summed E-state index contributed by atoms with van der Waals surface area (Å²) >= 11 is 0. The lowest BCUT2D eigenvalue weighted by Crippen LogP contribution is -2.23. The predicted molar refractivity (Wildman–Crippen MR) is 52.7 cm³/mol. The summed E-state index contributed by atoms with van der Waals surface area (Å²) in [5, 5.41) is 0. The van der Waals surface area contributed by atoms with Gasteiger partial charge in [-0.2, -0.15) is 0 Å². The first kappa shape index (κ1) is 10.6. The lowest BCUT2D eigenvalue weighted by atomic mass is 10.3. The predicted octanol–water partition coefficient (Wildman–Crippen LogP) is 0.632. The Kier molecular flexibility index (Phi) is 3.97. The Morgan fingerprint density at radius 1 is 1.36 bits per heavy atom. The molecule has 0 aliphatic rings. The molecule has 0 unspecified atom stereocenters. The molecule has 2 N–H and O–H groups in total. The molecule has 0 spiro atoms. The van der Waals surface area contributed by atoms with E-state index >= 15 is 0 Å². The van der Waals surface area contributed by atoms with Gasteiger partial charge in [0.05, 0.1) is 12.8 Å². The van der Waals surface area contributed by atoms with E-state index in [1.54, 1.807) is 0 Å². The fourth-order valence-electron chi connectivity index (χ4n) is 1.04. The van der Waals surface area contributed by atoms with Gasteiger partial charge in [-0.15, -0.1) is 0 Å². The minimum atomic E-state index is -0.518. The fraction of sp³-hybridized carbons (Fsp3) is 0.556. The van der Waals surface area contributed by atoms with E-state index in [2.05, 4.69) is 16.9 Å². The summed E-state index contributed by atoms with van der Waals surface area (Å²) in [7, 11) is 0. The van der Waals surface area contributed by atoms with E-state index in [4.69, 9.17) is 4.74 Å². The smallest absolute Gasteiger partial charge is 0.325 e. The van der Waals surface area contributed by atoms with Gasteiger partial charge in [-0.25, -0.2) is 4.79 Å². The van der Waals surface area contributed by atoms with Crippen molar-refractivity contribution in [1.82, 2.24) is 9.97 Å². The van der Waals surface area contributed by atoms with Crippen molar-refractivity contribution in [3.63, 3.8) is 0 Å². The second-order valence-electron chi connectivity index (χ2n) is 2.99. The minimum Gasteiger partial charge on any atom is -0.487 e. The van der Waals surface area contributed by atoms with Crippen molar-refractivity contribution in [3.05, 3.63) is 27.0 Å². The van der Waals surface area contributed by atoms with E-state index in [-0.39, 0.29) is 5.75 Å². The standard InChI is InChI=1S/C9H14N2O3/c1-2-3-4-5-14-7-6-10-9(13)11-8(7)12/h6H,2-5H2,1H3,(H2,10,11,12,13). The van der Waals surface area contributed by atoms with Crippen LogP contribution in [0.3, 0.4) is 0 Å². The highest BCUT2D eigenvalue weighted by atomic mass is 16.5. The van der Waals surface area contributed by atoms with Crippen molar-refractivity contribution < 1.29 is 4.74 Å². The zero-order valence-electron chi connectivity index (χ0n) is 8.13. The number of H-pyrrole nitrogens is 2. The van der Waals surface area contributed by atoms with Crippen molar-refractivity contribution in [2.24, 2.45) is 0 Å². The van der Waals surface area contributed by atoms with Crippen LogP contribution in [-0.2, 0) is 0 Å². The molecule has 0 saturated heterocycles. The number of hydrogen-bond donors (Lipinski definition) is 2. The summed E-state index contributed by atoms with van der Waals surface area (Å²) in [4.78, 5) is 26.2. The molecule has 0 bridgehead atoms. The molecule has 0 aliphatic heterocycles. The highest BCUT2D eigenvalue weighted by Crippen LogP contribution is 1.99. The molecule has 1 aromatic rings. The quantitative estimate of drug-likeness (QED) is 0.681. The van der Waals surface area contributed by atoms with Crippen molar-refractivity contribution in [1.29, 1.82) is 0 Å². The van der Waals surface area contributed by atoms with Crippen LogP contribution in [0.4, 0.5) is 0 Å². The Morgan fingerprint density at radius 2 is 2.14 bits per heavy atom. The summed E-state index contributed by atoms with van der Waals surface area (Å²) in [6.45, 7) is 2.59. The maximum absolute atomic E-state index is 11.1. The topological polar surface area (TPSA) is 75.0 Å².